The highest BCUT2D eigenvalue weighted by Crippen LogP contribution is 2.29. The molecule has 600 valence electrons. The van der Waals surface area contributed by atoms with Crippen LogP contribution in [0.15, 0.2) is 182 Å². The van der Waals surface area contributed by atoms with Gasteiger partial charge in [0.25, 0.3) is 0 Å². The van der Waals surface area contributed by atoms with E-state index in [1.54, 1.807) is 0 Å². The van der Waals surface area contributed by atoms with Crippen LogP contribution in [0.5, 0.6) is 0 Å². The molecule has 0 heterocycles. The van der Waals surface area contributed by atoms with Crippen molar-refractivity contribution in [2.24, 2.45) is 69.9 Å². The average Bonchev–Trinajstić information content (AvgIpc) is 0.856. The summed E-state index contributed by atoms with van der Waals surface area (Å²) in [5.41, 5.74) is 40.7. The van der Waals surface area contributed by atoms with Gasteiger partial charge in [-0.2, -0.15) is 0 Å². The number of carbonyl (C=O) groups is 9. The van der Waals surface area contributed by atoms with Crippen LogP contribution in [-0.4, -0.2) is 109 Å². The van der Waals surface area contributed by atoms with E-state index in [2.05, 4.69) is 68.3 Å². The van der Waals surface area contributed by atoms with Gasteiger partial charge in [0.2, 0.25) is 53.2 Å². The molecule has 9 unspecified atom stereocenters. The maximum atomic E-state index is 13.6. The Balaban J connectivity index is 0.000000231. The largest absolute Gasteiger partial charge is 0.369 e. The van der Waals surface area contributed by atoms with E-state index in [4.69, 9.17) is 34.4 Å². The summed E-state index contributed by atoms with van der Waals surface area (Å²) >= 11 is 0. The minimum atomic E-state index is -0.676. The summed E-state index contributed by atoms with van der Waals surface area (Å²) < 4.78 is 0. The quantitative estimate of drug-likeness (QED) is 0.0159. The second-order valence-electron chi connectivity index (χ2n) is 30.5. The van der Waals surface area contributed by atoms with Crippen LogP contribution in [0.1, 0.15) is 187 Å². The van der Waals surface area contributed by atoms with Crippen molar-refractivity contribution < 1.29 is 43.2 Å². The minimum absolute atomic E-state index is 0.122. The van der Waals surface area contributed by atoms with E-state index >= 15 is 0 Å². The first-order valence-corrected chi connectivity index (χ1v) is 41.0. The van der Waals surface area contributed by atoms with Crippen molar-refractivity contribution >= 4 is 53.2 Å². The number of rotatable bonds is 42. The highest BCUT2D eigenvalue weighted by molar-refractivity contribution is 5.91. The standard InChI is InChI=1S/3C30H42N4O3/c3*31-20-10-9-17-27(30(37)33-26-16-8-7-15-25(26)28(32)35)34-29(36)24(21-23-13-5-2-6-14-23)19-18-22-11-3-1-4-12-22/h3*1-6,11-14,24-27H,7-10,15-21,31H2,(H2,32,35)(H,33,37)(H,34,36)/t3*24?,25?,26?,27-/m000/s1. The SMILES string of the molecule is NCCCC[C@H](NC(=O)C(CCc1ccccc1)Cc1ccccc1)C(=O)NC1CCCCC1C(N)=O.NCCCC[C@H](NC(=O)C(CCc1ccccc1)Cc1ccccc1)C(=O)NC1CCCCC1C(N)=O.NCCCC[C@H](NC(=O)C(CCc1ccccc1)Cc1ccccc1)C(=O)NC1CCCCC1C(N)=O. The maximum absolute atomic E-state index is 13.6. The fourth-order valence-corrected chi connectivity index (χ4v) is 15.6. The van der Waals surface area contributed by atoms with Gasteiger partial charge in [0, 0.05) is 35.9 Å². The zero-order valence-corrected chi connectivity index (χ0v) is 65.2. The third kappa shape index (κ3) is 32.3. The molecule has 21 nitrogen and oxygen atoms in total. The molecule has 0 aromatic heterocycles. The van der Waals surface area contributed by atoms with Crippen molar-refractivity contribution in [2.75, 3.05) is 19.6 Å². The molecule has 111 heavy (non-hydrogen) atoms. The minimum Gasteiger partial charge on any atom is -0.369 e. The van der Waals surface area contributed by atoms with Gasteiger partial charge in [-0.15, -0.1) is 0 Å². The van der Waals surface area contributed by atoms with Gasteiger partial charge in [0.1, 0.15) is 18.1 Å². The van der Waals surface area contributed by atoms with Crippen LogP contribution in [0.3, 0.4) is 0 Å². The zero-order chi connectivity index (χ0) is 79.4. The van der Waals surface area contributed by atoms with Crippen LogP contribution in [0.2, 0.25) is 0 Å². The van der Waals surface area contributed by atoms with Crippen LogP contribution in [0.4, 0.5) is 0 Å². The lowest BCUT2D eigenvalue weighted by molar-refractivity contribution is -0.133. The van der Waals surface area contributed by atoms with E-state index < -0.39 is 18.1 Å². The molecule has 6 aromatic carbocycles. The van der Waals surface area contributed by atoms with Gasteiger partial charge in [-0.05, 0) is 207 Å². The van der Waals surface area contributed by atoms with Crippen LogP contribution in [-0.2, 0) is 81.7 Å². The van der Waals surface area contributed by atoms with Gasteiger partial charge in [-0.3, -0.25) is 43.2 Å². The Morgan fingerprint density at radius 3 is 0.712 bits per heavy atom. The molecule has 0 radical (unpaired) electrons. The van der Waals surface area contributed by atoms with Gasteiger partial charge in [-0.1, -0.05) is 221 Å². The lowest BCUT2D eigenvalue weighted by atomic mass is 9.84. The third-order valence-electron chi connectivity index (χ3n) is 22.1. The van der Waals surface area contributed by atoms with Gasteiger partial charge < -0.3 is 66.3 Å². The summed E-state index contributed by atoms with van der Waals surface area (Å²) in [4.78, 5) is 117. The van der Waals surface area contributed by atoms with Crippen molar-refractivity contribution in [1.82, 2.24) is 31.9 Å². The normalized spacial score (nSPS) is 18.9. The molecular weight excluding hydrogens is 1390 g/mol. The fraction of sp³-hybridized carbons (Fsp3) is 0.500. The Kier molecular flexibility index (Phi) is 40.2. The predicted octanol–water partition coefficient (Wildman–Crippen LogP) is 9.76. The maximum Gasteiger partial charge on any atom is 0.242 e. The molecule has 9 amide bonds. The van der Waals surface area contributed by atoms with Crippen LogP contribution in [0.25, 0.3) is 0 Å². The van der Waals surface area contributed by atoms with E-state index in [1.165, 1.54) is 16.7 Å². The third-order valence-corrected chi connectivity index (χ3v) is 22.1. The van der Waals surface area contributed by atoms with E-state index in [1.807, 2.05) is 146 Å². The number of primary amides is 3. The zero-order valence-electron chi connectivity index (χ0n) is 65.2. The number of aryl methyl sites for hydroxylation is 3. The second kappa shape index (κ2) is 50.3. The Morgan fingerprint density at radius 2 is 0.495 bits per heavy atom. The van der Waals surface area contributed by atoms with Gasteiger partial charge in [0.15, 0.2) is 0 Å². The summed E-state index contributed by atoms with van der Waals surface area (Å²) in [5, 5.41) is 18.3. The van der Waals surface area contributed by atoms with E-state index in [0.717, 1.165) is 132 Å². The van der Waals surface area contributed by atoms with Crippen molar-refractivity contribution in [3.05, 3.63) is 215 Å². The topological polar surface area (TPSA) is 382 Å². The summed E-state index contributed by atoms with van der Waals surface area (Å²) in [6.07, 6.45) is 22.0. The number of nitrogens with two attached hydrogens (primary N) is 6. The first-order valence-electron chi connectivity index (χ1n) is 41.0. The van der Waals surface area contributed by atoms with Crippen molar-refractivity contribution in [3.8, 4) is 0 Å². The summed E-state index contributed by atoms with van der Waals surface area (Å²) in [6.45, 7) is 1.59. The smallest absolute Gasteiger partial charge is 0.242 e. The van der Waals surface area contributed by atoms with E-state index in [0.29, 0.717) is 96.7 Å². The fourth-order valence-electron chi connectivity index (χ4n) is 15.6. The molecule has 12 atom stereocenters. The molecule has 0 saturated heterocycles. The summed E-state index contributed by atoms with van der Waals surface area (Å²) in [7, 11) is 0. The van der Waals surface area contributed by atoms with Crippen molar-refractivity contribution in [2.45, 2.75) is 229 Å². The second-order valence-corrected chi connectivity index (χ2v) is 30.5. The predicted molar refractivity (Wildman–Crippen MR) is 439 cm³/mol. The van der Waals surface area contributed by atoms with Crippen LogP contribution >= 0.6 is 0 Å². The molecule has 3 aliphatic rings. The first kappa shape index (κ1) is 88.6. The highest BCUT2D eigenvalue weighted by atomic mass is 16.2. The van der Waals surface area contributed by atoms with Crippen molar-refractivity contribution in [3.63, 3.8) is 0 Å². The molecular formula is C90H126N12O9. The van der Waals surface area contributed by atoms with Gasteiger partial charge in [-0.25, -0.2) is 0 Å². The van der Waals surface area contributed by atoms with E-state index in [-0.39, 0.29) is 107 Å². The molecule has 0 bridgehead atoms. The number of unbranched alkanes of at least 4 members (excludes halogenated alkanes) is 3. The Labute approximate surface area is 658 Å². The molecule has 0 aliphatic heterocycles. The van der Waals surface area contributed by atoms with Gasteiger partial charge >= 0.3 is 0 Å². The van der Waals surface area contributed by atoms with E-state index in [9.17, 15) is 43.2 Å². The summed E-state index contributed by atoms with van der Waals surface area (Å²) in [6, 6.07) is 57.4. The molecule has 6 aromatic rings. The number of benzene rings is 6. The Morgan fingerprint density at radius 1 is 0.279 bits per heavy atom. The molecule has 0 spiro atoms. The van der Waals surface area contributed by atoms with Crippen LogP contribution < -0.4 is 66.3 Å². The number of hydrogen-bond donors (Lipinski definition) is 12. The first-order chi connectivity index (χ1) is 53.9. The Bertz CT molecular complexity index is 3330. The van der Waals surface area contributed by atoms with Gasteiger partial charge in [0.05, 0.1) is 17.8 Å². The molecule has 3 saturated carbocycles. The molecule has 3 fully saturated rings. The van der Waals surface area contributed by atoms with Crippen molar-refractivity contribution in [1.29, 1.82) is 0 Å². The number of nitrogens with one attached hydrogen (secondary N) is 6. The monoisotopic (exact) mass is 1520 g/mol. The molecule has 18 N–H and O–H groups in total. The molecule has 21 heteroatoms. The number of carbonyl (C=O) groups excluding carboxylic acids is 9. The number of amides is 9. The highest BCUT2D eigenvalue weighted by Gasteiger charge is 2.37. The number of hydrogen-bond acceptors (Lipinski definition) is 12. The molecule has 9 rings (SSSR count). The lowest BCUT2D eigenvalue weighted by Gasteiger charge is -2.32. The Hall–Kier alpha value is -9.57. The molecule has 3 aliphatic carbocycles. The van der Waals surface area contributed by atoms with Crippen LogP contribution in [0, 0.1) is 35.5 Å². The average molecular weight is 1520 g/mol. The lowest BCUT2D eigenvalue weighted by Crippen LogP contribution is -2.54. The summed E-state index contributed by atoms with van der Waals surface area (Å²) in [5.74, 6) is -4.16.